The molecule has 1 unspecified atom stereocenters. The van der Waals surface area contributed by atoms with Gasteiger partial charge in [0.1, 0.15) is 5.75 Å². The molecule has 2 aromatic rings. The summed E-state index contributed by atoms with van der Waals surface area (Å²) in [6.45, 7) is 2.37. The average Bonchev–Trinajstić information content (AvgIpc) is 2.77. The van der Waals surface area contributed by atoms with Crippen LogP contribution in [0.5, 0.6) is 5.75 Å². The second-order valence-electron chi connectivity index (χ2n) is 4.19. The zero-order valence-electron chi connectivity index (χ0n) is 10.4. The van der Waals surface area contributed by atoms with Gasteiger partial charge in [-0.2, -0.15) is 0 Å². The fourth-order valence-corrected chi connectivity index (χ4v) is 2.20. The predicted molar refractivity (Wildman–Crippen MR) is 72.2 cm³/mol. The number of halogens is 1. The summed E-state index contributed by atoms with van der Waals surface area (Å²) >= 11 is 6.00. The van der Waals surface area contributed by atoms with Crippen molar-refractivity contribution in [3.8, 4) is 5.75 Å². The SMILES string of the molecule is COc1ccc(Cl)cc1Cn1cccc1C(C)O. The molecule has 96 valence electrons. The molecule has 3 nitrogen and oxygen atoms in total. The van der Waals surface area contributed by atoms with Gasteiger partial charge in [0.05, 0.1) is 19.8 Å². The molecule has 2 rings (SSSR count). The highest BCUT2D eigenvalue weighted by Gasteiger charge is 2.10. The molecule has 1 heterocycles. The second-order valence-corrected chi connectivity index (χ2v) is 4.63. The maximum absolute atomic E-state index is 9.67. The van der Waals surface area contributed by atoms with Gasteiger partial charge in [-0.05, 0) is 37.3 Å². The second kappa shape index (κ2) is 5.46. The lowest BCUT2D eigenvalue weighted by molar-refractivity contribution is 0.189. The third-order valence-corrected chi connectivity index (χ3v) is 3.11. The van der Waals surface area contributed by atoms with Crippen LogP contribution < -0.4 is 4.74 Å². The third-order valence-electron chi connectivity index (χ3n) is 2.88. The molecule has 0 fully saturated rings. The average molecular weight is 266 g/mol. The van der Waals surface area contributed by atoms with Gasteiger partial charge in [0.25, 0.3) is 0 Å². The molecule has 0 saturated carbocycles. The highest BCUT2D eigenvalue weighted by molar-refractivity contribution is 6.30. The summed E-state index contributed by atoms with van der Waals surface area (Å²) in [6.07, 6.45) is 1.44. The molecule has 0 spiro atoms. The Morgan fingerprint density at radius 1 is 1.39 bits per heavy atom. The summed E-state index contributed by atoms with van der Waals surface area (Å²) in [5.41, 5.74) is 1.86. The number of nitrogens with zero attached hydrogens (tertiary/aromatic N) is 1. The van der Waals surface area contributed by atoms with Crippen LogP contribution in [0.2, 0.25) is 5.02 Å². The summed E-state index contributed by atoms with van der Waals surface area (Å²) in [5, 5.41) is 10.4. The van der Waals surface area contributed by atoms with E-state index in [2.05, 4.69) is 0 Å². The Bertz CT molecular complexity index is 534. The molecule has 18 heavy (non-hydrogen) atoms. The van der Waals surface area contributed by atoms with Crippen molar-refractivity contribution in [2.24, 2.45) is 0 Å². The molecule has 4 heteroatoms. The van der Waals surface area contributed by atoms with E-state index in [1.165, 1.54) is 0 Å². The zero-order valence-corrected chi connectivity index (χ0v) is 11.2. The van der Waals surface area contributed by atoms with Crippen molar-refractivity contribution < 1.29 is 9.84 Å². The Kier molecular flexibility index (Phi) is 3.94. The topological polar surface area (TPSA) is 34.4 Å². The lowest BCUT2D eigenvalue weighted by Crippen LogP contribution is -2.06. The van der Waals surface area contributed by atoms with Crippen LogP contribution in [0, 0.1) is 0 Å². The fraction of sp³-hybridized carbons (Fsp3) is 0.286. The van der Waals surface area contributed by atoms with E-state index in [0.717, 1.165) is 17.0 Å². The van der Waals surface area contributed by atoms with Gasteiger partial charge in [-0.15, -0.1) is 0 Å². The van der Waals surface area contributed by atoms with Gasteiger partial charge < -0.3 is 14.4 Å². The molecular formula is C14H16ClNO2. The van der Waals surface area contributed by atoms with Crippen LogP contribution in [-0.4, -0.2) is 16.8 Å². The van der Waals surface area contributed by atoms with E-state index in [4.69, 9.17) is 16.3 Å². The van der Waals surface area contributed by atoms with Crippen molar-refractivity contribution in [2.45, 2.75) is 19.6 Å². The maximum Gasteiger partial charge on any atom is 0.123 e. The summed E-state index contributed by atoms with van der Waals surface area (Å²) in [4.78, 5) is 0. The predicted octanol–water partition coefficient (Wildman–Crippen LogP) is 3.25. The minimum Gasteiger partial charge on any atom is -0.496 e. The van der Waals surface area contributed by atoms with E-state index in [1.54, 1.807) is 20.1 Å². The minimum absolute atomic E-state index is 0.495. The van der Waals surface area contributed by atoms with Crippen LogP contribution in [0.1, 0.15) is 24.3 Å². The van der Waals surface area contributed by atoms with Gasteiger partial charge in [0.15, 0.2) is 0 Å². The van der Waals surface area contributed by atoms with Gasteiger partial charge >= 0.3 is 0 Å². The van der Waals surface area contributed by atoms with Gasteiger partial charge in [-0.3, -0.25) is 0 Å². The monoisotopic (exact) mass is 265 g/mol. The normalized spacial score (nSPS) is 12.4. The van der Waals surface area contributed by atoms with Crippen molar-refractivity contribution in [3.05, 3.63) is 52.8 Å². The van der Waals surface area contributed by atoms with Crippen LogP contribution >= 0.6 is 11.6 Å². The van der Waals surface area contributed by atoms with E-state index in [-0.39, 0.29) is 0 Å². The number of aliphatic hydroxyl groups is 1. The van der Waals surface area contributed by atoms with Gasteiger partial charge in [-0.1, -0.05) is 11.6 Å². The zero-order chi connectivity index (χ0) is 13.1. The molecule has 0 aliphatic carbocycles. The number of hydrogen-bond donors (Lipinski definition) is 1. The highest BCUT2D eigenvalue weighted by Crippen LogP contribution is 2.25. The van der Waals surface area contributed by atoms with Crippen molar-refractivity contribution >= 4 is 11.6 Å². The number of methoxy groups -OCH3 is 1. The molecule has 1 N–H and O–H groups in total. The van der Waals surface area contributed by atoms with E-state index >= 15 is 0 Å². The summed E-state index contributed by atoms with van der Waals surface area (Å²) < 4.78 is 7.30. The maximum atomic E-state index is 9.67. The molecule has 0 aliphatic heterocycles. The van der Waals surface area contributed by atoms with Crippen molar-refractivity contribution in [1.29, 1.82) is 0 Å². The van der Waals surface area contributed by atoms with Crippen LogP contribution in [0.25, 0.3) is 0 Å². The fourth-order valence-electron chi connectivity index (χ4n) is 2.00. The molecule has 0 saturated heterocycles. The summed E-state index contributed by atoms with van der Waals surface area (Å²) in [5.74, 6) is 0.796. The largest absolute Gasteiger partial charge is 0.496 e. The van der Waals surface area contributed by atoms with Crippen molar-refractivity contribution in [2.75, 3.05) is 7.11 Å². The van der Waals surface area contributed by atoms with Crippen LogP contribution in [0.15, 0.2) is 36.5 Å². The standard InChI is InChI=1S/C14H16ClNO2/c1-10(17)13-4-3-7-16(13)9-11-8-12(15)5-6-14(11)18-2/h3-8,10,17H,9H2,1-2H3. The van der Waals surface area contributed by atoms with Crippen molar-refractivity contribution in [1.82, 2.24) is 4.57 Å². The molecule has 1 aromatic heterocycles. The molecule has 0 bridgehead atoms. The van der Waals surface area contributed by atoms with Crippen LogP contribution in [0.3, 0.4) is 0 Å². The first-order valence-electron chi connectivity index (χ1n) is 5.77. The molecule has 1 atom stereocenters. The summed E-state index contributed by atoms with van der Waals surface area (Å²) in [6, 6.07) is 9.35. The molecule has 0 amide bonds. The first-order valence-corrected chi connectivity index (χ1v) is 6.15. The molecule has 0 aliphatic rings. The first kappa shape index (κ1) is 13.0. The van der Waals surface area contributed by atoms with Gasteiger partial charge in [-0.25, -0.2) is 0 Å². The molecule has 0 radical (unpaired) electrons. The lowest BCUT2D eigenvalue weighted by Gasteiger charge is -2.14. The van der Waals surface area contributed by atoms with E-state index in [9.17, 15) is 5.11 Å². The van der Waals surface area contributed by atoms with Crippen LogP contribution in [0.4, 0.5) is 0 Å². The summed E-state index contributed by atoms with van der Waals surface area (Å²) in [7, 11) is 1.64. The first-order chi connectivity index (χ1) is 8.61. The number of aliphatic hydroxyl groups excluding tert-OH is 1. The Labute approximate surface area is 112 Å². The van der Waals surface area contributed by atoms with Crippen LogP contribution in [-0.2, 0) is 6.54 Å². The van der Waals surface area contributed by atoms with E-state index in [0.29, 0.717) is 11.6 Å². The number of hydrogen-bond acceptors (Lipinski definition) is 2. The third kappa shape index (κ3) is 2.68. The molecular weight excluding hydrogens is 250 g/mol. The Balaban J connectivity index is 2.33. The Morgan fingerprint density at radius 2 is 2.17 bits per heavy atom. The smallest absolute Gasteiger partial charge is 0.123 e. The number of ether oxygens (including phenoxy) is 1. The lowest BCUT2D eigenvalue weighted by atomic mass is 10.2. The minimum atomic E-state index is -0.495. The number of benzene rings is 1. The highest BCUT2D eigenvalue weighted by atomic mass is 35.5. The van der Waals surface area contributed by atoms with Gasteiger partial charge in [0, 0.05) is 22.5 Å². The molecule has 1 aromatic carbocycles. The van der Waals surface area contributed by atoms with E-state index < -0.39 is 6.10 Å². The van der Waals surface area contributed by atoms with Gasteiger partial charge in [0.2, 0.25) is 0 Å². The quantitative estimate of drug-likeness (QED) is 0.921. The van der Waals surface area contributed by atoms with E-state index in [1.807, 2.05) is 35.0 Å². The van der Waals surface area contributed by atoms with Crippen molar-refractivity contribution in [3.63, 3.8) is 0 Å². The Morgan fingerprint density at radius 3 is 2.83 bits per heavy atom. The Hall–Kier alpha value is -1.45. The number of aromatic nitrogens is 1. The number of rotatable bonds is 4.